The normalized spacial score (nSPS) is 32.9. The molecule has 3 nitrogen and oxygen atoms in total. The van der Waals surface area contributed by atoms with Gasteiger partial charge in [-0.1, -0.05) is 19.3 Å². The lowest BCUT2D eigenvalue weighted by Gasteiger charge is -2.54. The Kier molecular flexibility index (Phi) is 4.31. The highest BCUT2D eigenvalue weighted by Crippen LogP contribution is 2.56. The fourth-order valence-corrected chi connectivity index (χ4v) is 3.97. The summed E-state index contributed by atoms with van der Waals surface area (Å²) >= 11 is 0. The van der Waals surface area contributed by atoms with Crippen molar-refractivity contribution in [2.45, 2.75) is 51.4 Å². The van der Waals surface area contributed by atoms with Crippen LogP contribution in [0.5, 0.6) is 0 Å². The van der Waals surface area contributed by atoms with Gasteiger partial charge in [-0.25, -0.2) is 0 Å². The first-order valence-corrected chi connectivity index (χ1v) is 7.41. The van der Waals surface area contributed by atoms with Crippen molar-refractivity contribution in [3.8, 4) is 0 Å². The first-order chi connectivity index (χ1) is 8.60. The molecule has 104 valence electrons. The maximum absolute atomic E-state index is 11.9. The van der Waals surface area contributed by atoms with E-state index in [1.807, 2.05) is 14.1 Å². The molecule has 0 aromatic rings. The van der Waals surface area contributed by atoms with E-state index in [4.69, 9.17) is 0 Å². The standard InChI is InChI=1S/C15H27NO2/c1-16(2)14(18)10-13-8-9-15(13,11-17)12-6-4-3-5-7-12/h12-13,17H,3-11H2,1-2H3/t13-,15-/m0/s1. The lowest BCUT2D eigenvalue weighted by molar-refractivity contribution is -0.139. The monoisotopic (exact) mass is 253 g/mol. The van der Waals surface area contributed by atoms with E-state index in [0.29, 0.717) is 18.3 Å². The van der Waals surface area contributed by atoms with Gasteiger partial charge in [-0.15, -0.1) is 0 Å². The summed E-state index contributed by atoms with van der Waals surface area (Å²) in [6.45, 7) is 0.281. The van der Waals surface area contributed by atoms with Gasteiger partial charge in [-0.2, -0.15) is 0 Å². The lowest BCUT2D eigenvalue weighted by Crippen LogP contribution is -2.51. The van der Waals surface area contributed by atoms with Crippen LogP contribution in [0.1, 0.15) is 51.4 Å². The molecule has 18 heavy (non-hydrogen) atoms. The molecule has 2 atom stereocenters. The summed E-state index contributed by atoms with van der Waals surface area (Å²) < 4.78 is 0. The van der Waals surface area contributed by atoms with E-state index in [1.54, 1.807) is 4.90 Å². The predicted octanol–water partition coefficient (Wildman–Crippen LogP) is 2.43. The third-order valence-electron chi connectivity index (χ3n) is 5.40. The summed E-state index contributed by atoms with van der Waals surface area (Å²) in [7, 11) is 3.64. The molecular formula is C15H27NO2. The fourth-order valence-electron chi connectivity index (χ4n) is 3.97. The van der Waals surface area contributed by atoms with Gasteiger partial charge in [0.05, 0.1) is 0 Å². The predicted molar refractivity (Wildman–Crippen MR) is 72.1 cm³/mol. The summed E-state index contributed by atoms with van der Waals surface area (Å²) in [6.07, 6.45) is 9.35. The second kappa shape index (κ2) is 5.60. The van der Waals surface area contributed by atoms with E-state index in [0.717, 1.165) is 12.8 Å². The molecule has 1 N–H and O–H groups in total. The van der Waals surface area contributed by atoms with Gasteiger partial charge >= 0.3 is 0 Å². The Bertz CT molecular complexity index is 293. The Labute approximate surface area is 111 Å². The Morgan fingerprint density at radius 1 is 1.22 bits per heavy atom. The van der Waals surface area contributed by atoms with Gasteiger partial charge in [0.15, 0.2) is 0 Å². The van der Waals surface area contributed by atoms with Crippen molar-refractivity contribution in [3.05, 3.63) is 0 Å². The average Bonchev–Trinajstić information content (AvgIpc) is 2.37. The second-order valence-corrected chi connectivity index (χ2v) is 6.45. The van der Waals surface area contributed by atoms with E-state index in [9.17, 15) is 9.90 Å². The maximum atomic E-state index is 11.9. The molecule has 2 fully saturated rings. The Morgan fingerprint density at radius 3 is 2.33 bits per heavy atom. The molecule has 0 radical (unpaired) electrons. The van der Waals surface area contributed by atoms with Crippen molar-refractivity contribution in [3.63, 3.8) is 0 Å². The van der Waals surface area contributed by atoms with Crippen molar-refractivity contribution in [2.24, 2.45) is 17.3 Å². The van der Waals surface area contributed by atoms with Crippen LogP contribution < -0.4 is 0 Å². The number of aliphatic hydroxyl groups excluding tert-OH is 1. The minimum absolute atomic E-state index is 0.0755. The zero-order valence-corrected chi connectivity index (χ0v) is 11.8. The van der Waals surface area contributed by atoms with Crippen molar-refractivity contribution in [2.75, 3.05) is 20.7 Å². The van der Waals surface area contributed by atoms with E-state index in [2.05, 4.69) is 0 Å². The molecule has 0 aromatic heterocycles. The van der Waals surface area contributed by atoms with Crippen LogP contribution in [0.4, 0.5) is 0 Å². The minimum atomic E-state index is 0.0755. The van der Waals surface area contributed by atoms with Gasteiger partial charge in [0, 0.05) is 27.1 Å². The van der Waals surface area contributed by atoms with Gasteiger partial charge in [0.2, 0.25) is 5.91 Å². The molecule has 0 bridgehead atoms. The zero-order valence-electron chi connectivity index (χ0n) is 11.8. The molecule has 0 aliphatic heterocycles. The Morgan fingerprint density at radius 2 is 1.89 bits per heavy atom. The number of rotatable bonds is 4. The zero-order chi connectivity index (χ0) is 13.2. The van der Waals surface area contributed by atoms with Crippen LogP contribution in [0.3, 0.4) is 0 Å². The van der Waals surface area contributed by atoms with Gasteiger partial charge in [0.25, 0.3) is 0 Å². The number of hydrogen-bond acceptors (Lipinski definition) is 2. The highest BCUT2D eigenvalue weighted by atomic mass is 16.3. The molecule has 0 spiro atoms. The molecule has 2 rings (SSSR count). The number of nitrogens with zero attached hydrogens (tertiary/aromatic N) is 1. The average molecular weight is 253 g/mol. The van der Waals surface area contributed by atoms with E-state index >= 15 is 0 Å². The van der Waals surface area contributed by atoms with Crippen LogP contribution in [0, 0.1) is 17.3 Å². The Hall–Kier alpha value is -0.570. The van der Waals surface area contributed by atoms with Crippen molar-refractivity contribution >= 4 is 5.91 Å². The summed E-state index contributed by atoms with van der Waals surface area (Å²) in [5.74, 6) is 1.29. The first kappa shape index (κ1) is 13.9. The van der Waals surface area contributed by atoms with Gasteiger partial charge < -0.3 is 10.0 Å². The second-order valence-electron chi connectivity index (χ2n) is 6.45. The molecule has 1 amide bonds. The summed E-state index contributed by atoms with van der Waals surface area (Å²) in [6, 6.07) is 0. The van der Waals surface area contributed by atoms with Crippen LogP contribution in [0.25, 0.3) is 0 Å². The molecule has 2 aliphatic carbocycles. The molecule has 3 heteroatoms. The quantitative estimate of drug-likeness (QED) is 0.836. The number of amides is 1. The topological polar surface area (TPSA) is 40.5 Å². The smallest absolute Gasteiger partial charge is 0.222 e. The van der Waals surface area contributed by atoms with Crippen molar-refractivity contribution in [1.29, 1.82) is 0 Å². The van der Waals surface area contributed by atoms with Crippen LogP contribution in [0.15, 0.2) is 0 Å². The van der Waals surface area contributed by atoms with Gasteiger partial charge in [-0.3, -0.25) is 4.79 Å². The van der Waals surface area contributed by atoms with Crippen LogP contribution in [-0.2, 0) is 4.79 Å². The molecule has 0 saturated heterocycles. The van der Waals surface area contributed by atoms with E-state index in [-0.39, 0.29) is 17.9 Å². The van der Waals surface area contributed by atoms with Crippen molar-refractivity contribution < 1.29 is 9.90 Å². The largest absolute Gasteiger partial charge is 0.396 e. The highest BCUT2D eigenvalue weighted by molar-refractivity contribution is 5.76. The number of aliphatic hydroxyl groups is 1. The summed E-state index contributed by atoms with van der Waals surface area (Å²) in [4.78, 5) is 13.6. The van der Waals surface area contributed by atoms with Gasteiger partial charge in [-0.05, 0) is 42.9 Å². The van der Waals surface area contributed by atoms with E-state index in [1.165, 1.54) is 32.1 Å². The third kappa shape index (κ3) is 2.42. The van der Waals surface area contributed by atoms with Crippen LogP contribution >= 0.6 is 0 Å². The molecular weight excluding hydrogens is 226 g/mol. The number of hydrogen-bond donors (Lipinski definition) is 1. The third-order valence-corrected chi connectivity index (χ3v) is 5.40. The summed E-state index contributed by atoms with van der Waals surface area (Å²) in [5, 5.41) is 9.89. The van der Waals surface area contributed by atoms with Crippen LogP contribution in [0.2, 0.25) is 0 Å². The fraction of sp³-hybridized carbons (Fsp3) is 0.933. The molecule has 0 heterocycles. The molecule has 0 aromatic carbocycles. The van der Waals surface area contributed by atoms with Crippen molar-refractivity contribution in [1.82, 2.24) is 4.90 Å². The van der Waals surface area contributed by atoms with Gasteiger partial charge in [0.1, 0.15) is 0 Å². The molecule has 2 saturated carbocycles. The lowest BCUT2D eigenvalue weighted by atomic mass is 9.51. The first-order valence-electron chi connectivity index (χ1n) is 7.41. The number of carbonyl (C=O) groups excluding carboxylic acids is 1. The number of carbonyl (C=O) groups is 1. The van der Waals surface area contributed by atoms with E-state index < -0.39 is 0 Å². The Balaban J connectivity index is 2.00. The SMILES string of the molecule is CN(C)C(=O)C[C@@H]1CC[C@]1(CO)C1CCCCC1. The molecule has 0 unspecified atom stereocenters. The molecule has 2 aliphatic rings. The highest BCUT2D eigenvalue weighted by Gasteiger charge is 2.51. The maximum Gasteiger partial charge on any atom is 0.222 e. The van der Waals surface area contributed by atoms with Crippen LogP contribution in [-0.4, -0.2) is 36.6 Å². The summed E-state index contributed by atoms with van der Waals surface area (Å²) in [5.41, 5.74) is 0.0755. The minimum Gasteiger partial charge on any atom is -0.396 e.